The van der Waals surface area contributed by atoms with Gasteiger partial charge in [0, 0.05) is 32.3 Å². The van der Waals surface area contributed by atoms with E-state index in [4.69, 9.17) is 10.5 Å². The molecule has 1 saturated carbocycles. The smallest absolute Gasteiger partial charge is 0.0589 e. The molecule has 0 spiro atoms. The van der Waals surface area contributed by atoms with Crippen molar-refractivity contribution in [1.82, 2.24) is 4.90 Å². The highest BCUT2D eigenvalue weighted by molar-refractivity contribution is 4.82. The molecule has 3 nitrogen and oxygen atoms in total. The molecule has 1 fully saturated rings. The van der Waals surface area contributed by atoms with E-state index in [0.717, 1.165) is 19.7 Å². The third-order valence-electron chi connectivity index (χ3n) is 4.48. The predicted octanol–water partition coefficient (Wildman–Crippen LogP) is 2.64. The molecule has 0 aliphatic heterocycles. The van der Waals surface area contributed by atoms with E-state index in [-0.39, 0.29) is 0 Å². The quantitative estimate of drug-likeness (QED) is 0.725. The molecule has 1 aliphatic carbocycles. The number of nitrogens with zero attached hydrogens (tertiary/aromatic N) is 1. The second-order valence-corrected chi connectivity index (χ2v) is 5.67. The zero-order valence-corrected chi connectivity index (χ0v) is 12.5. The fourth-order valence-corrected chi connectivity index (χ4v) is 3.20. The van der Waals surface area contributed by atoms with E-state index in [2.05, 4.69) is 18.7 Å². The van der Waals surface area contributed by atoms with E-state index in [0.29, 0.717) is 18.0 Å². The predicted molar refractivity (Wildman–Crippen MR) is 77.8 cm³/mol. The summed E-state index contributed by atoms with van der Waals surface area (Å²) in [5, 5.41) is 0. The molecule has 3 heteroatoms. The molecule has 0 heterocycles. The van der Waals surface area contributed by atoms with Gasteiger partial charge in [0.1, 0.15) is 0 Å². The molecule has 0 saturated heterocycles. The molecular formula is C15H32N2O. The van der Waals surface area contributed by atoms with Crippen LogP contribution in [0.4, 0.5) is 0 Å². The summed E-state index contributed by atoms with van der Waals surface area (Å²) in [7, 11) is 1.79. The maximum atomic E-state index is 6.28. The SMILES string of the molecule is CCC(CC)N(CCOC)CC1CCCCC1N. The molecule has 0 aromatic carbocycles. The number of hydrogen-bond acceptors (Lipinski definition) is 3. The lowest BCUT2D eigenvalue weighted by Crippen LogP contribution is -2.46. The number of nitrogens with two attached hydrogens (primary N) is 1. The zero-order chi connectivity index (χ0) is 13.4. The molecule has 2 atom stereocenters. The van der Waals surface area contributed by atoms with Crippen LogP contribution in [0.25, 0.3) is 0 Å². The van der Waals surface area contributed by atoms with Gasteiger partial charge in [-0.1, -0.05) is 26.7 Å². The van der Waals surface area contributed by atoms with E-state index in [1.54, 1.807) is 7.11 Å². The van der Waals surface area contributed by atoms with Gasteiger partial charge in [0.05, 0.1) is 6.61 Å². The number of ether oxygens (including phenoxy) is 1. The van der Waals surface area contributed by atoms with Gasteiger partial charge in [0.15, 0.2) is 0 Å². The summed E-state index contributed by atoms with van der Waals surface area (Å²) in [5.74, 6) is 0.691. The van der Waals surface area contributed by atoms with Gasteiger partial charge in [-0.05, 0) is 31.6 Å². The second-order valence-electron chi connectivity index (χ2n) is 5.67. The zero-order valence-electron chi connectivity index (χ0n) is 12.5. The standard InChI is InChI=1S/C15H32N2O/c1-4-14(5-2)17(10-11-18-3)12-13-8-6-7-9-15(13)16/h13-15H,4-12,16H2,1-3H3. The molecule has 0 amide bonds. The Labute approximate surface area is 113 Å². The Balaban J connectivity index is 2.52. The van der Waals surface area contributed by atoms with Crippen molar-refractivity contribution >= 4 is 0 Å². The molecule has 0 radical (unpaired) electrons. The van der Waals surface area contributed by atoms with Crippen molar-refractivity contribution in [3.8, 4) is 0 Å². The highest BCUT2D eigenvalue weighted by atomic mass is 16.5. The monoisotopic (exact) mass is 256 g/mol. The van der Waals surface area contributed by atoms with Gasteiger partial charge in [-0.2, -0.15) is 0 Å². The van der Waals surface area contributed by atoms with Gasteiger partial charge in [-0.15, -0.1) is 0 Å². The van der Waals surface area contributed by atoms with Crippen LogP contribution in [-0.2, 0) is 4.74 Å². The molecule has 1 aliphatic rings. The Bertz CT molecular complexity index is 207. The van der Waals surface area contributed by atoms with Crippen LogP contribution < -0.4 is 5.73 Å². The third-order valence-corrected chi connectivity index (χ3v) is 4.48. The molecule has 2 unspecified atom stereocenters. The summed E-state index contributed by atoms with van der Waals surface area (Å²) in [6, 6.07) is 1.10. The fraction of sp³-hybridized carbons (Fsp3) is 1.00. The lowest BCUT2D eigenvalue weighted by molar-refractivity contribution is 0.0895. The molecule has 2 N–H and O–H groups in total. The first-order valence-corrected chi connectivity index (χ1v) is 7.71. The molecule has 18 heavy (non-hydrogen) atoms. The van der Waals surface area contributed by atoms with Crippen LogP contribution in [0.3, 0.4) is 0 Å². The van der Waals surface area contributed by atoms with E-state index in [9.17, 15) is 0 Å². The first-order chi connectivity index (χ1) is 8.72. The summed E-state index contributed by atoms with van der Waals surface area (Å²) < 4.78 is 5.25. The topological polar surface area (TPSA) is 38.5 Å². The van der Waals surface area contributed by atoms with Crippen molar-refractivity contribution < 1.29 is 4.74 Å². The third kappa shape index (κ3) is 4.87. The molecule has 0 bridgehead atoms. The van der Waals surface area contributed by atoms with Crippen LogP contribution in [0, 0.1) is 5.92 Å². The maximum absolute atomic E-state index is 6.28. The van der Waals surface area contributed by atoms with Gasteiger partial charge in [0.2, 0.25) is 0 Å². The molecule has 0 aromatic rings. The first-order valence-electron chi connectivity index (χ1n) is 7.71. The minimum atomic E-state index is 0.415. The van der Waals surface area contributed by atoms with Crippen LogP contribution in [-0.4, -0.2) is 43.8 Å². The van der Waals surface area contributed by atoms with Crippen LogP contribution >= 0.6 is 0 Å². The van der Waals surface area contributed by atoms with Crippen molar-refractivity contribution in [2.24, 2.45) is 11.7 Å². The first kappa shape index (κ1) is 15.9. The average molecular weight is 256 g/mol. The highest BCUT2D eigenvalue weighted by Gasteiger charge is 2.26. The highest BCUT2D eigenvalue weighted by Crippen LogP contribution is 2.25. The summed E-state index contributed by atoms with van der Waals surface area (Å²) >= 11 is 0. The number of rotatable bonds is 8. The molecule has 0 aromatic heterocycles. The minimum absolute atomic E-state index is 0.415. The Morgan fingerprint density at radius 1 is 1.22 bits per heavy atom. The van der Waals surface area contributed by atoms with Gasteiger partial charge < -0.3 is 10.5 Å². The van der Waals surface area contributed by atoms with Gasteiger partial charge in [0.25, 0.3) is 0 Å². The van der Waals surface area contributed by atoms with Crippen molar-refractivity contribution in [3.63, 3.8) is 0 Å². The maximum Gasteiger partial charge on any atom is 0.0589 e. The largest absolute Gasteiger partial charge is 0.383 e. The van der Waals surface area contributed by atoms with E-state index >= 15 is 0 Å². The second kappa shape index (κ2) is 8.89. The Morgan fingerprint density at radius 2 is 1.89 bits per heavy atom. The average Bonchev–Trinajstić information content (AvgIpc) is 2.39. The minimum Gasteiger partial charge on any atom is -0.383 e. The Morgan fingerprint density at radius 3 is 2.44 bits per heavy atom. The van der Waals surface area contributed by atoms with Crippen LogP contribution in [0.2, 0.25) is 0 Å². The number of hydrogen-bond donors (Lipinski definition) is 1. The Kier molecular flexibility index (Phi) is 7.87. The summed E-state index contributed by atoms with van der Waals surface area (Å²) in [6.07, 6.45) is 7.65. The van der Waals surface area contributed by atoms with Gasteiger partial charge in [-0.25, -0.2) is 0 Å². The summed E-state index contributed by atoms with van der Waals surface area (Å²) in [4.78, 5) is 2.61. The molecular weight excluding hydrogens is 224 g/mol. The van der Waals surface area contributed by atoms with Crippen molar-refractivity contribution in [2.45, 2.75) is 64.5 Å². The van der Waals surface area contributed by atoms with Crippen molar-refractivity contribution in [1.29, 1.82) is 0 Å². The normalized spacial score (nSPS) is 25.0. The molecule has 108 valence electrons. The lowest BCUT2D eigenvalue weighted by atomic mass is 9.84. The lowest BCUT2D eigenvalue weighted by Gasteiger charge is -2.37. The fourth-order valence-electron chi connectivity index (χ4n) is 3.20. The van der Waals surface area contributed by atoms with E-state index in [1.807, 2.05) is 0 Å². The van der Waals surface area contributed by atoms with Crippen LogP contribution in [0.5, 0.6) is 0 Å². The van der Waals surface area contributed by atoms with E-state index in [1.165, 1.54) is 38.5 Å². The molecule has 1 rings (SSSR count). The van der Waals surface area contributed by atoms with Gasteiger partial charge in [-0.3, -0.25) is 4.90 Å². The van der Waals surface area contributed by atoms with Crippen molar-refractivity contribution in [3.05, 3.63) is 0 Å². The Hall–Kier alpha value is -0.120. The van der Waals surface area contributed by atoms with E-state index < -0.39 is 0 Å². The summed E-state index contributed by atoms with van der Waals surface area (Å²) in [6.45, 7) is 7.62. The van der Waals surface area contributed by atoms with Crippen LogP contribution in [0.15, 0.2) is 0 Å². The van der Waals surface area contributed by atoms with Crippen LogP contribution in [0.1, 0.15) is 52.4 Å². The summed E-state index contributed by atoms with van der Waals surface area (Å²) in [5.41, 5.74) is 6.28. The van der Waals surface area contributed by atoms with Crippen molar-refractivity contribution in [2.75, 3.05) is 26.8 Å². The van der Waals surface area contributed by atoms with Gasteiger partial charge >= 0.3 is 0 Å². The number of methoxy groups -OCH3 is 1.